The standard InChI is InChI=1S/C16H17N7O3/c1-11(26-13-6-4-12(5-7-13)23(24)25)14-8-9-17-16-19-15(20-22(14)16)18-10-21(2)3/h4-11H,1-3H3/t11-/m1/s1. The van der Waals surface area contributed by atoms with E-state index in [4.69, 9.17) is 4.74 Å². The molecule has 1 aromatic carbocycles. The lowest BCUT2D eigenvalue weighted by molar-refractivity contribution is -0.384. The number of nitro groups is 1. The van der Waals surface area contributed by atoms with Crippen molar-refractivity contribution in [1.82, 2.24) is 24.5 Å². The predicted molar refractivity (Wildman–Crippen MR) is 94.8 cm³/mol. The summed E-state index contributed by atoms with van der Waals surface area (Å²) in [5, 5.41) is 15.1. The van der Waals surface area contributed by atoms with E-state index in [0.717, 1.165) is 5.69 Å². The minimum atomic E-state index is -0.454. The Morgan fingerprint density at radius 1 is 1.31 bits per heavy atom. The van der Waals surface area contributed by atoms with Crippen LogP contribution in [0.3, 0.4) is 0 Å². The van der Waals surface area contributed by atoms with Crippen LogP contribution in [0.2, 0.25) is 0 Å². The van der Waals surface area contributed by atoms with Crippen LogP contribution in [0.5, 0.6) is 5.75 Å². The lowest BCUT2D eigenvalue weighted by Crippen LogP contribution is -2.10. The third kappa shape index (κ3) is 3.74. The molecular weight excluding hydrogens is 338 g/mol. The molecule has 0 radical (unpaired) electrons. The number of nitrogens with zero attached hydrogens (tertiary/aromatic N) is 7. The molecule has 1 atom stereocenters. The van der Waals surface area contributed by atoms with Crippen molar-refractivity contribution < 1.29 is 9.66 Å². The summed E-state index contributed by atoms with van der Waals surface area (Å²) in [6, 6.07) is 7.68. The van der Waals surface area contributed by atoms with Gasteiger partial charge in [0, 0.05) is 32.4 Å². The van der Waals surface area contributed by atoms with Gasteiger partial charge in [0.05, 0.1) is 17.0 Å². The molecule has 10 nitrogen and oxygen atoms in total. The molecule has 2 aromatic heterocycles. The second-order valence-corrected chi connectivity index (χ2v) is 5.71. The summed E-state index contributed by atoms with van der Waals surface area (Å²) in [6.07, 6.45) is 2.84. The Balaban J connectivity index is 1.85. The first-order valence-corrected chi connectivity index (χ1v) is 7.77. The van der Waals surface area contributed by atoms with Gasteiger partial charge in [-0.3, -0.25) is 10.1 Å². The van der Waals surface area contributed by atoms with Gasteiger partial charge in [-0.05, 0) is 25.1 Å². The smallest absolute Gasteiger partial charge is 0.272 e. The molecule has 0 spiro atoms. The summed E-state index contributed by atoms with van der Waals surface area (Å²) in [5.41, 5.74) is 0.739. The largest absolute Gasteiger partial charge is 0.484 e. The SMILES string of the molecule is C[C@@H](Oc1ccc([N+](=O)[O-])cc1)c1ccnc2nc(N=CN(C)C)nn12. The Hall–Kier alpha value is -3.56. The second kappa shape index (κ2) is 7.13. The Morgan fingerprint density at radius 3 is 2.69 bits per heavy atom. The maximum Gasteiger partial charge on any atom is 0.272 e. The van der Waals surface area contributed by atoms with E-state index in [-0.39, 0.29) is 11.8 Å². The average molecular weight is 355 g/mol. The van der Waals surface area contributed by atoms with Gasteiger partial charge in [-0.2, -0.15) is 9.50 Å². The lowest BCUT2D eigenvalue weighted by atomic mass is 10.2. The molecule has 26 heavy (non-hydrogen) atoms. The van der Waals surface area contributed by atoms with Crippen LogP contribution in [0.4, 0.5) is 11.6 Å². The van der Waals surface area contributed by atoms with E-state index in [9.17, 15) is 10.1 Å². The Labute approximate surface area is 148 Å². The number of fused-ring (bicyclic) bond motifs is 1. The van der Waals surface area contributed by atoms with Gasteiger partial charge in [-0.1, -0.05) is 0 Å². The van der Waals surface area contributed by atoms with Crippen LogP contribution in [0.15, 0.2) is 41.5 Å². The summed E-state index contributed by atoms with van der Waals surface area (Å²) in [7, 11) is 3.70. The molecule has 134 valence electrons. The van der Waals surface area contributed by atoms with E-state index in [1.807, 2.05) is 21.0 Å². The normalized spacial score (nSPS) is 12.4. The van der Waals surface area contributed by atoms with Gasteiger partial charge in [0.25, 0.3) is 17.4 Å². The Kier molecular flexibility index (Phi) is 4.74. The Bertz CT molecular complexity index is 950. The highest BCUT2D eigenvalue weighted by molar-refractivity contribution is 5.58. The second-order valence-electron chi connectivity index (χ2n) is 5.71. The van der Waals surface area contributed by atoms with Crippen LogP contribution in [0.25, 0.3) is 5.78 Å². The lowest BCUT2D eigenvalue weighted by Gasteiger charge is -2.15. The van der Waals surface area contributed by atoms with Crippen LogP contribution in [0, 0.1) is 10.1 Å². The molecule has 0 N–H and O–H groups in total. The molecule has 3 aromatic rings. The first kappa shape index (κ1) is 17.3. The van der Waals surface area contributed by atoms with Crippen molar-refractivity contribution in [1.29, 1.82) is 0 Å². The molecule has 0 aliphatic rings. The summed E-state index contributed by atoms with van der Waals surface area (Å²) < 4.78 is 7.43. The van der Waals surface area contributed by atoms with Crippen molar-refractivity contribution in [2.45, 2.75) is 13.0 Å². The molecule has 0 saturated heterocycles. The highest BCUT2D eigenvalue weighted by Gasteiger charge is 2.15. The van der Waals surface area contributed by atoms with Crippen molar-refractivity contribution in [2.75, 3.05) is 14.1 Å². The van der Waals surface area contributed by atoms with Crippen LogP contribution >= 0.6 is 0 Å². The summed E-state index contributed by atoms with van der Waals surface area (Å²) in [4.78, 5) is 24.6. The first-order chi connectivity index (χ1) is 12.4. The molecule has 10 heteroatoms. The topological polar surface area (TPSA) is 111 Å². The number of hydrogen-bond acceptors (Lipinski definition) is 7. The monoisotopic (exact) mass is 355 g/mol. The molecule has 0 unspecified atom stereocenters. The molecule has 0 aliphatic heterocycles. The van der Waals surface area contributed by atoms with Crippen LogP contribution < -0.4 is 4.74 Å². The fraction of sp³-hybridized carbons (Fsp3) is 0.250. The highest BCUT2D eigenvalue weighted by atomic mass is 16.6. The number of aliphatic imine (C=N–C) groups is 1. The summed E-state index contributed by atoms with van der Waals surface area (Å²) >= 11 is 0. The summed E-state index contributed by atoms with van der Waals surface area (Å²) in [5.74, 6) is 1.22. The molecular formula is C16H17N7O3. The number of rotatable bonds is 6. The van der Waals surface area contributed by atoms with E-state index < -0.39 is 4.92 Å². The zero-order chi connectivity index (χ0) is 18.7. The molecule has 0 aliphatic carbocycles. The molecule has 0 amide bonds. The van der Waals surface area contributed by atoms with E-state index in [2.05, 4.69) is 20.1 Å². The third-order valence-electron chi connectivity index (χ3n) is 3.44. The quantitative estimate of drug-likeness (QED) is 0.289. The van der Waals surface area contributed by atoms with E-state index in [1.165, 1.54) is 12.1 Å². The van der Waals surface area contributed by atoms with Crippen molar-refractivity contribution in [3.8, 4) is 5.75 Å². The van der Waals surface area contributed by atoms with Crippen molar-refractivity contribution in [2.24, 2.45) is 4.99 Å². The van der Waals surface area contributed by atoms with Crippen molar-refractivity contribution in [3.05, 3.63) is 52.3 Å². The van der Waals surface area contributed by atoms with Gasteiger partial charge < -0.3 is 9.64 Å². The fourth-order valence-corrected chi connectivity index (χ4v) is 2.24. The number of hydrogen-bond donors (Lipinski definition) is 0. The van der Waals surface area contributed by atoms with E-state index >= 15 is 0 Å². The van der Waals surface area contributed by atoms with Crippen molar-refractivity contribution in [3.63, 3.8) is 0 Å². The number of nitro benzene ring substituents is 1. The van der Waals surface area contributed by atoms with Crippen LogP contribution in [-0.2, 0) is 0 Å². The van der Waals surface area contributed by atoms with Gasteiger partial charge in [0.15, 0.2) is 0 Å². The fourth-order valence-electron chi connectivity index (χ4n) is 2.24. The van der Waals surface area contributed by atoms with Gasteiger partial charge in [-0.25, -0.2) is 9.98 Å². The van der Waals surface area contributed by atoms with E-state index in [1.54, 1.807) is 40.1 Å². The van der Waals surface area contributed by atoms with Gasteiger partial charge in [-0.15, -0.1) is 5.10 Å². The Morgan fingerprint density at radius 2 is 2.04 bits per heavy atom. The highest BCUT2D eigenvalue weighted by Crippen LogP contribution is 2.24. The summed E-state index contributed by atoms with van der Waals surface area (Å²) in [6.45, 7) is 1.85. The van der Waals surface area contributed by atoms with Crippen molar-refractivity contribution >= 4 is 23.8 Å². The maximum atomic E-state index is 10.7. The zero-order valence-electron chi connectivity index (χ0n) is 14.5. The van der Waals surface area contributed by atoms with Crippen LogP contribution in [-0.4, -0.2) is 49.8 Å². The molecule has 0 saturated carbocycles. The van der Waals surface area contributed by atoms with Gasteiger partial charge >= 0.3 is 0 Å². The maximum absolute atomic E-state index is 10.7. The molecule has 0 fully saturated rings. The minimum Gasteiger partial charge on any atom is -0.484 e. The predicted octanol–water partition coefficient (Wildman–Crippen LogP) is 2.39. The number of benzene rings is 1. The van der Waals surface area contributed by atoms with Crippen LogP contribution in [0.1, 0.15) is 18.7 Å². The molecule has 0 bridgehead atoms. The van der Waals surface area contributed by atoms with Gasteiger partial charge in [0.2, 0.25) is 0 Å². The number of non-ortho nitro benzene ring substituents is 1. The van der Waals surface area contributed by atoms with E-state index in [0.29, 0.717) is 17.5 Å². The number of ether oxygens (including phenoxy) is 1. The number of aromatic nitrogens is 4. The van der Waals surface area contributed by atoms with Gasteiger partial charge in [0.1, 0.15) is 11.9 Å². The zero-order valence-corrected chi connectivity index (χ0v) is 14.5. The molecule has 3 rings (SSSR count). The average Bonchev–Trinajstić information content (AvgIpc) is 3.03. The third-order valence-corrected chi connectivity index (χ3v) is 3.44. The minimum absolute atomic E-state index is 0.0102. The first-order valence-electron chi connectivity index (χ1n) is 7.77. The molecule has 2 heterocycles.